The van der Waals surface area contributed by atoms with Crippen molar-refractivity contribution in [2.45, 2.75) is 11.8 Å². The molecule has 1 aromatic rings. The summed E-state index contributed by atoms with van der Waals surface area (Å²) in [6, 6.07) is 1.57. The van der Waals surface area contributed by atoms with Crippen LogP contribution >= 0.6 is 50.5 Å². The van der Waals surface area contributed by atoms with Crippen LogP contribution in [0.3, 0.4) is 0 Å². The molecular weight excluding hydrogens is 309 g/mol. The smallest absolute Gasteiger partial charge is 0.253 e. The number of carbonyl (C=O) groups is 1. The second-order valence-corrected chi connectivity index (χ2v) is 6.58. The Bertz CT molecular complexity index is 340. The molecule has 14 heavy (non-hydrogen) atoms. The van der Waals surface area contributed by atoms with Gasteiger partial charge in [0.25, 0.3) is 5.91 Å². The van der Waals surface area contributed by atoms with Crippen LogP contribution in [-0.2, 0) is 0 Å². The molecular formula is C8H8BrCl2NOS. The van der Waals surface area contributed by atoms with Gasteiger partial charge < -0.3 is 5.32 Å². The van der Waals surface area contributed by atoms with Gasteiger partial charge in [0.1, 0.15) is 4.34 Å². The molecule has 0 aliphatic rings. The molecule has 1 heterocycles. The van der Waals surface area contributed by atoms with E-state index < -0.39 is 0 Å². The van der Waals surface area contributed by atoms with Crippen molar-refractivity contribution in [3.63, 3.8) is 0 Å². The van der Waals surface area contributed by atoms with Crippen LogP contribution < -0.4 is 5.32 Å². The van der Waals surface area contributed by atoms with Crippen LogP contribution in [0.5, 0.6) is 0 Å². The lowest BCUT2D eigenvalue weighted by molar-refractivity contribution is 0.0955. The molecule has 0 radical (unpaired) electrons. The first-order valence-corrected chi connectivity index (χ1v) is 6.36. The molecule has 1 amide bonds. The summed E-state index contributed by atoms with van der Waals surface area (Å²) in [5, 5.41) is 2.73. The van der Waals surface area contributed by atoms with Gasteiger partial charge in [0.05, 0.1) is 9.90 Å². The van der Waals surface area contributed by atoms with E-state index in [2.05, 4.69) is 21.2 Å². The van der Waals surface area contributed by atoms with E-state index in [1.165, 1.54) is 11.3 Å². The zero-order chi connectivity index (χ0) is 10.7. The first kappa shape index (κ1) is 12.3. The largest absolute Gasteiger partial charge is 0.351 e. The van der Waals surface area contributed by atoms with Crippen molar-refractivity contribution < 1.29 is 4.79 Å². The fraction of sp³-hybridized carbons (Fsp3) is 0.375. The lowest BCUT2D eigenvalue weighted by atomic mass is 10.3. The lowest BCUT2D eigenvalue weighted by Gasteiger charge is -2.05. The second kappa shape index (κ2) is 5.35. The summed E-state index contributed by atoms with van der Waals surface area (Å²) >= 11 is 16.1. The van der Waals surface area contributed by atoms with Gasteiger partial charge in [-0.3, -0.25) is 4.79 Å². The zero-order valence-electron chi connectivity index (χ0n) is 7.31. The normalized spacial score (nSPS) is 12.6. The fourth-order valence-corrected chi connectivity index (χ4v) is 2.44. The summed E-state index contributed by atoms with van der Waals surface area (Å²) < 4.78 is 0.946. The van der Waals surface area contributed by atoms with Gasteiger partial charge in [-0.25, -0.2) is 0 Å². The van der Waals surface area contributed by atoms with Crippen molar-refractivity contribution >= 4 is 56.4 Å². The van der Waals surface area contributed by atoms with Crippen molar-refractivity contribution in [1.82, 2.24) is 5.32 Å². The fourth-order valence-electron chi connectivity index (χ4n) is 0.824. The van der Waals surface area contributed by atoms with Crippen LogP contribution in [0.25, 0.3) is 0 Å². The van der Waals surface area contributed by atoms with Crippen LogP contribution in [0.1, 0.15) is 17.3 Å². The van der Waals surface area contributed by atoms with Gasteiger partial charge in [0, 0.05) is 11.4 Å². The van der Waals surface area contributed by atoms with E-state index in [0.717, 1.165) is 0 Å². The zero-order valence-corrected chi connectivity index (χ0v) is 11.2. The molecule has 1 unspecified atom stereocenters. The molecule has 0 bridgehead atoms. The number of halogens is 3. The molecule has 1 rings (SSSR count). The number of rotatable bonds is 3. The third-order valence-corrected chi connectivity index (χ3v) is 3.26. The summed E-state index contributed by atoms with van der Waals surface area (Å²) in [4.78, 5) is 11.8. The average Bonchev–Trinajstić information content (AvgIpc) is 2.41. The van der Waals surface area contributed by atoms with E-state index in [9.17, 15) is 4.79 Å². The Kier molecular flexibility index (Phi) is 4.70. The molecule has 0 aliphatic heterocycles. The number of amides is 1. The second-order valence-electron chi connectivity index (χ2n) is 2.73. The maximum Gasteiger partial charge on any atom is 0.253 e. The third-order valence-electron chi connectivity index (χ3n) is 1.45. The van der Waals surface area contributed by atoms with E-state index >= 15 is 0 Å². The highest BCUT2D eigenvalue weighted by Crippen LogP contribution is 2.30. The minimum Gasteiger partial charge on any atom is -0.351 e. The standard InChI is InChI=1S/C8H8BrCl2NOS/c1-4(9)3-12-8(13)5-2-6(10)14-7(5)11/h2,4H,3H2,1H3,(H,12,13). The van der Waals surface area contributed by atoms with Gasteiger partial charge in [-0.1, -0.05) is 46.1 Å². The molecule has 1 aromatic heterocycles. The molecule has 78 valence electrons. The first-order chi connectivity index (χ1) is 6.50. The van der Waals surface area contributed by atoms with Gasteiger partial charge in [-0.15, -0.1) is 11.3 Å². The Morgan fingerprint density at radius 1 is 1.71 bits per heavy atom. The summed E-state index contributed by atoms with van der Waals surface area (Å²) in [6.45, 7) is 2.51. The number of hydrogen-bond acceptors (Lipinski definition) is 2. The predicted octanol–water partition coefficient (Wildman–Crippen LogP) is 3.57. The van der Waals surface area contributed by atoms with Crippen molar-refractivity contribution in [2.75, 3.05) is 6.54 Å². The third kappa shape index (κ3) is 3.42. The summed E-state index contributed by atoms with van der Waals surface area (Å²) in [5.41, 5.74) is 0.440. The molecule has 0 fully saturated rings. The minimum absolute atomic E-state index is 0.190. The highest BCUT2D eigenvalue weighted by atomic mass is 79.9. The molecule has 0 saturated heterocycles. The Morgan fingerprint density at radius 3 is 2.79 bits per heavy atom. The number of thiophene rings is 1. The maximum absolute atomic E-state index is 11.5. The molecule has 0 saturated carbocycles. The van der Waals surface area contributed by atoms with Gasteiger partial charge in [-0.2, -0.15) is 0 Å². The maximum atomic E-state index is 11.5. The summed E-state index contributed by atoms with van der Waals surface area (Å²) in [7, 11) is 0. The van der Waals surface area contributed by atoms with Gasteiger partial charge in [0.15, 0.2) is 0 Å². The van der Waals surface area contributed by atoms with E-state index in [4.69, 9.17) is 23.2 Å². The average molecular weight is 317 g/mol. The monoisotopic (exact) mass is 315 g/mol. The van der Waals surface area contributed by atoms with Crippen LogP contribution in [0, 0.1) is 0 Å². The van der Waals surface area contributed by atoms with Gasteiger partial charge in [-0.05, 0) is 6.07 Å². The van der Waals surface area contributed by atoms with Crippen molar-refractivity contribution in [3.05, 3.63) is 20.3 Å². The Labute approximate surface area is 105 Å². The molecule has 0 aromatic carbocycles. The predicted molar refractivity (Wildman–Crippen MR) is 65.1 cm³/mol. The van der Waals surface area contributed by atoms with Crippen LogP contribution in [-0.4, -0.2) is 17.3 Å². The number of carbonyl (C=O) groups excluding carboxylic acids is 1. The van der Waals surface area contributed by atoms with Crippen LogP contribution in [0.15, 0.2) is 6.07 Å². The molecule has 2 nitrogen and oxygen atoms in total. The summed E-state index contributed by atoms with van der Waals surface area (Å²) in [6.07, 6.45) is 0. The van der Waals surface area contributed by atoms with E-state index in [0.29, 0.717) is 20.8 Å². The van der Waals surface area contributed by atoms with E-state index in [1.807, 2.05) is 6.92 Å². The van der Waals surface area contributed by atoms with Crippen molar-refractivity contribution in [3.8, 4) is 0 Å². The van der Waals surface area contributed by atoms with E-state index in [1.54, 1.807) is 6.07 Å². The quantitative estimate of drug-likeness (QED) is 0.849. The number of alkyl halides is 1. The number of hydrogen-bond donors (Lipinski definition) is 1. The highest BCUT2D eigenvalue weighted by Gasteiger charge is 2.13. The van der Waals surface area contributed by atoms with Gasteiger partial charge in [0.2, 0.25) is 0 Å². The lowest BCUT2D eigenvalue weighted by Crippen LogP contribution is -2.28. The SMILES string of the molecule is CC(Br)CNC(=O)c1cc(Cl)sc1Cl. The molecule has 6 heteroatoms. The first-order valence-electron chi connectivity index (χ1n) is 3.88. The molecule has 1 atom stereocenters. The molecule has 0 spiro atoms. The minimum atomic E-state index is -0.190. The highest BCUT2D eigenvalue weighted by molar-refractivity contribution is 9.09. The van der Waals surface area contributed by atoms with Crippen LogP contribution in [0.2, 0.25) is 8.67 Å². The van der Waals surface area contributed by atoms with Crippen LogP contribution in [0.4, 0.5) is 0 Å². The topological polar surface area (TPSA) is 29.1 Å². The molecule has 1 N–H and O–H groups in total. The summed E-state index contributed by atoms with van der Waals surface area (Å²) in [5.74, 6) is -0.190. The molecule has 0 aliphatic carbocycles. The Balaban J connectivity index is 2.65. The van der Waals surface area contributed by atoms with E-state index in [-0.39, 0.29) is 10.7 Å². The number of nitrogens with one attached hydrogen (secondary N) is 1. The van der Waals surface area contributed by atoms with Crippen molar-refractivity contribution in [1.29, 1.82) is 0 Å². The Morgan fingerprint density at radius 2 is 2.36 bits per heavy atom. The Hall–Kier alpha value is 0.230. The van der Waals surface area contributed by atoms with Crippen molar-refractivity contribution in [2.24, 2.45) is 0 Å². The van der Waals surface area contributed by atoms with Gasteiger partial charge >= 0.3 is 0 Å².